The van der Waals surface area contributed by atoms with Gasteiger partial charge in [0.2, 0.25) is 11.7 Å². The van der Waals surface area contributed by atoms with Gasteiger partial charge in [-0.05, 0) is 49.9 Å². The number of pyridine rings is 1. The van der Waals surface area contributed by atoms with E-state index in [4.69, 9.17) is 16.1 Å². The topological polar surface area (TPSA) is 84.2 Å². The van der Waals surface area contributed by atoms with Crippen molar-refractivity contribution >= 4 is 28.5 Å². The summed E-state index contributed by atoms with van der Waals surface area (Å²) in [5, 5.41) is 9.01. The molecule has 1 aliphatic carbocycles. The molecule has 2 amide bonds. The fourth-order valence-electron chi connectivity index (χ4n) is 4.57. The second-order valence-electron chi connectivity index (χ2n) is 8.54. The molecule has 7 nitrogen and oxygen atoms in total. The number of likely N-dealkylation sites (tertiary alicyclic amines) is 1. The lowest BCUT2D eigenvalue weighted by Gasteiger charge is -2.32. The number of piperidine rings is 1. The number of hydrogen-bond donors (Lipinski definition) is 1. The van der Waals surface area contributed by atoms with Crippen molar-refractivity contribution in [1.82, 2.24) is 25.3 Å². The predicted molar refractivity (Wildman–Crippen MR) is 119 cm³/mol. The van der Waals surface area contributed by atoms with E-state index in [1.54, 1.807) is 0 Å². The van der Waals surface area contributed by atoms with Crippen molar-refractivity contribution in [3.63, 3.8) is 0 Å². The second-order valence-corrected chi connectivity index (χ2v) is 8.97. The second kappa shape index (κ2) is 8.83. The molecule has 2 aliphatic rings. The van der Waals surface area contributed by atoms with E-state index in [0.29, 0.717) is 41.6 Å². The summed E-state index contributed by atoms with van der Waals surface area (Å²) in [6.45, 7) is 1.41. The van der Waals surface area contributed by atoms with Crippen LogP contribution in [0.25, 0.3) is 22.4 Å². The average molecular weight is 440 g/mol. The van der Waals surface area contributed by atoms with E-state index in [1.807, 2.05) is 35.2 Å². The highest BCUT2D eigenvalue weighted by Gasteiger charge is 2.29. The van der Waals surface area contributed by atoms with Gasteiger partial charge < -0.3 is 14.7 Å². The summed E-state index contributed by atoms with van der Waals surface area (Å²) in [7, 11) is 0. The molecule has 0 unspecified atom stereocenters. The van der Waals surface area contributed by atoms with E-state index in [2.05, 4.69) is 20.4 Å². The Balaban J connectivity index is 1.21. The highest BCUT2D eigenvalue weighted by molar-refractivity contribution is 6.31. The molecule has 162 valence electrons. The van der Waals surface area contributed by atoms with E-state index in [1.165, 1.54) is 19.3 Å². The van der Waals surface area contributed by atoms with Crippen molar-refractivity contribution in [3.8, 4) is 11.5 Å². The fourth-order valence-corrected chi connectivity index (χ4v) is 4.75. The van der Waals surface area contributed by atoms with Crippen LogP contribution in [0.3, 0.4) is 0 Å². The van der Waals surface area contributed by atoms with Crippen LogP contribution in [-0.2, 0) is 0 Å². The SMILES string of the molecule is O=C(NC1CCCCC1)N1CCC(c2nc(-c3ccc4cc(Cl)ccc4n3)no2)CC1. The summed E-state index contributed by atoms with van der Waals surface area (Å²) in [5.74, 6) is 1.28. The highest BCUT2D eigenvalue weighted by atomic mass is 35.5. The van der Waals surface area contributed by atoms with E-state index in [9.17, 15) is 4.79 Å². The zero-order valence-electron chi connectivity index (χ0n) is 17.4. The number of urea groups is 1. The minimum Gasteiger partial charge on any atom is -0.339 e. The summed E-state index contributed by atoms with van der Waals surface area (Å²) in [6, 6.07) is 9.83. The molecule has 31 heavy (non-hydrogen) atoms. The van der Waals surface area contributed by atoms with E-state index < -0.39 is 0 Å². The van der Waals surface area contributed by atoms with E-state index in [0.717, 1.165) is 36.6 Å². The molecule has 1 saturated heterocycles. The molecule has 1 aromatic carbocycles. The number of amides is 2. The first kappa shape index (κ1) is 20.2. The van der Waals surface area contributed by atoms with E-state index >= 15 is 0 Å². The molecule has 0 atom stereocenters. The first-order valence-corrected chi connectivity index (χ1v) is 11.5. The molecule has 5 rings (SSSR count). The first-order valence-electron chi connectivity index (χ1n) is 11.1. The van der Waals surface area contributed by atoms with Crippen LogP contribution in [0, 0.1) is 0 Å². The Hall–Kier alpha value is -2.67. The molecule has 2 aromatic heterocycles. The Morgan fingerprint density at radius 2 is 1.84 bits per heavy atom. The van der Waals surface area contributed by atoms with Crippen molar-refractivity contribution in [1.29, 1.82) is 0 Å². The zero-order valence-corrected chi connectivity index (χ0v) is 18.1. The lowest BCUT2D eigenvalue weighted by molar-refractivity contribution is 0.169. The van der Waals surface area contributed by atoms with Crippen molar-refractivity contribution in [2.75, 3.05) is 13.1 Å². The minimum atomic E-state index is 0.0667. The summed E-state index contributed by atoms with van der Waals surface area (Å²) in [5.41, 5.74) is 1.51. The van der Waals surface area contributed by atoms with Crippen LogP contribution in [0.1, 0.15) is 56.8 Å². The van der Waals surface area contributed by atoms with Gasteiger partial charge in [0, 0.05) is 35.5 Å². The monoisotopic (exact) mass is 439 g/mol. The Labute approximate surface area is 186 Å². The smallest absolute Gasteiger partial charge is 0.317 e. The minimum absolute atomic E-state index is 0.0667. The molecular weight excluding hydrogens is 414 g/mol. The van der Waals surface area contributed by atoms with Crippen LogP contribution < -0.4 is 5.32 Å². The third-order valence-corrected chi connectivity index (χ3v) is 6.62. The molecule has 1 N–H and O–H groups in total. The van der Waals surface area contributed by atoms with E-state index in [-0.39, 0.29) is 11.9 Å². The quantitative estimate of drug-likeness (QED) is 0.609. The number of hydrogen-bond acceptors (Lipinski definition) is 5. The molecule has 0 bridgehead atoms. The van der Waals surface area contributed by atoms with Crippen molar-refractivity contribution in [3.05, 3.63) is 41.2 Å². The summed E-state index contributed by atoms with van der Waals surface area (Å²) < 4.78 is 5.57. The van der Waals surface area contributed by atoms with Crippen LogP contribution in [0.15, 0.2) is 34.9 Å². The van der Waals surface area contributed by atoms with Gasteiger partial charge in [0.25, 0.3) is 0 Å². The molecule has 1 saturated carbocycles. The van der Waals surface area contributed by atoms with Gasteiger partial charge >= 0.3 is 6.03 Å². The number of benzene rings is 1. The Morgan fingerprint density at radius 1 is 1.03 bits per heavy atom. The van der Waals surface area contributed by atoms with Crippen LogP contribution in [0.4, 0.5) is 4.79 Å². The van der Waals surface area contributed by atoms with Crippen molar-refractivity contribution in [2.24, 2.45) is 0 Å². The van der Waals surface area contributed by atoms with Crippen LogP contribution in [0.5, 0.6) is 0 Å². The Kier molecular flexibility index (Phi) is 5.76. The van der Waals surface area contributed by atoms with Crippen LogP contribution >= 0.6 is 11.6 Å². The largest absolute Gasteiger partial charge is 0.339 e. The predicted octanol–water partition coefficient (Wildman–Crippen LogP) is 5.16. The molecule has 0 spiro atoms. The number of aromatic nitrogens is 3. The first-order chi connectivity index (χ1) is 15.2. The zero-order chi connectivity index (χ0) is 21.2. The molecule has 1 aliphatic heterocycles. The van der Waals surface area contributed by atoms with Gasteiger partial charge in [-0.25, -0.2) is 9.78 Å². The molecule has 2 fully saturated rings. The molecule has 3 heterocycles. The maximum Gasteiger partial charge on any atom is 0.317 e. The number of nitrogens with zero attached hydrogens (tertiary/aromatic N) is 4. The number of carbonyl (C=O) groups excluding carboxylic acids is 1. The van der Waals surface area contributed by atoms with Crippen LogP contribution in [-0.4, -0.2) is 45.2 Å². The number of fused-ring (bicyclic) bond motifs is 1. The highest BCUT2D eigenvalue weighted by Crippen LogP contribution is 2.29. The lowest BCUT2D eigenvalue weighted by Crippen LogP contribution is -2.48. The Morgan fingerprint density at radius 3 is 2.65 bits per heavy atom. The third-order valence-electron chi connectivity index (χ3n) is 6.39. The molecule has 8 heteroatoms. The molecular formula is C23H26ClN5O2. The van der Waals surface area contributed by atoms with Gasteiger partial charge in [-0.15, -0.1) is 0 Å². The summed E-state index contributed by atoms with van der Waals surface area (Å²) >= 11 is 6.05. The maximum atomic E-state index is 12.6. The van der Waals surface area contributed by atoms with Gasteiger partial charge in [0.15, 0.2) is 0 Å². The summed E-state index contributed by atoms with van der Waals surface area (Å²) in [4.78, 5) is 23.7. The van der Waals surface area contributed by atoms with Gasteiger partial charge in [-0.2, -0.15) is 4.98 Å². The normalized spacial score (nSPS) is 18.4. The average Bonchev–Trinajstić information content (AvgIpc) is 3.30. The van der Waals surface area contributed by atoms with Gasteiger partial charge in [0.05, 0.1) is 5.52 Å². The number of halogens is 1. The van der Waals surface area contributed by atoms with Gasteiger partial charge in [-0.1, -0.05) is 42.1 Å². The van der Waals surface area contributed by atoms with Gasteiger partial charge in [0.1, 0.15) is 5.69 Å². The number of carbonyl (C=O) groups is 1. The Bertz CT molecular complexity index is 1070. The molecule has 3 aromatic rings. The molecule has 0 radical (unpaired) electrons. The van der Waals surface area contributed by atoms with Crippen molar-refractivity contribution in [2.45, 2.75) is 56.9 Å². The third kappa shape index (κ3) is 4.51. The lowest BCUT2D eigenvalue weighted by atomic mass is 9.95. The maximum absolute atomic E-state index is 12.6. The number of nitrogens with one attached hydrogen (secondary N) is 1. The standard InChI is InChI=1S/C23H26ClN5O2/c24-17-7-9-19-16(14-17)6-8-20(26-19)21-27-22(31-28-21)15-10-12-29(13-11-15)23(30)25-18-4-2-1-3-5-18/h6-9,14-15,18H,1-5,10-13H2,(H,25,30). The number of rotatable bonds is 3. The summed E-state index contributed by atoms with van der Waals surface area (Å²) in [6.07, 6.45) is 7.56. The fraction of sp³-hybridized carbons (Fsp3) is 0.478. The van der Waals surface area contributed by atoms with Gasteiger partial charge in [-0.3, -0.25) is 0 Å². The van der Waals surface area contributed by atoms with Crippen LogP contribution in [0.2, 0.25) is 5.02 Å². The van der Waals surface area contributed by atoms with Crippen molar-refractivity contribution < 1.29 is 9.32 Å².